The third-order valence-corrected chi connectivity index (χ3v) is 2.86. The highest BCUT2D eigenvalue weighted by atomic mass is 16.5. The van der Waals surface area contributed by atoms with Crippen molar-refractivity contribution in [2.45, 2.75) is 13.0 Å². The summed E-state index contributed by atoms with van der Waals surface area (Å²) in [5.74, 6) is 0.0906. The van der Waals surface area contributed by atoms with E-state index in [-0.39, 0.29) is 18.4 Å². The molecule has 2 amide bonds. The summed E-state index contributed by atoms with van der Waals surface area (Å²) < 4.78 is 15.4. The number of nitrogens with one attached hydrogen (secondary N) is 2. The van der Waals surface area contributed by atoms with Crippen LogP contribution in [0, 0.1) is 0 Å². The van der Waals surface area contributed by atoms with Crippen molar-refractivity contribution in [3.63, 3.8) is 0 Å². The highest BCUT2D eigenvalue weighted by molar-refractivity contribution is 5.99. The van der Waals surface area contributed by atoms with Gasteiger partial charge in [-0.25, -0.2) is 0 Å². The fraction of sp³-hybridized carbons (Fsp3) is 0.429. The number of benzene rings is 1. The van der Waals surface area contributed by atoms with Crippen molar-refractivity contribution < 1.29 is 23.8 Å². The van der Waals surface area contributed by atoms with Gasteiger partial charge in [0, 0.05) is 12.8 Å². The molecule has 0 aromatic heterocycles. The van der Waals surface area contributed by atoms with Gasteiger partial charge in [-0.3, -0.25) is 9.59 Å². The molecule has 1 aliphatic rings. The van der Waals surface area contributed by atoms with Crippen LogP contribution in [0.5, 0.6) is 5.75 Å². The Kier molecular flexibility index (Phi) is 5.13. The molecular formula is C14H18N2O5. The third-order valence-electron chi connectivity index (χ3n) is 2.86. The van der Waals surface area contributed by atoms with Crippen molar-refractivity contribution in [3.05, 3.63) is 18.2 Å². The maximum Gasteiger partial charge on any atom is 0.265 e. The van der Waals surface area contributed by atoms with Gasteiger partial charge in [0.15, 0.2) is 6.10 Å². The lowest BCUT2D eigenvalue weighted by Gasteiger charge is -2.23. The van der Waals surface area contributed by atoms with Gasteiger partial charge >= 0.3 is 0 Å². The molecule has 2 N–H and O–H groups in total. The number of carbonyl (C=O) groups excluding carboxylic acids is 2. The van der Waals surface area contributed by atoms with E-state index in [1.165, 1.54) is 0 Å². The van der Waals surface area contributed by atoms with Crippen molar-refractivity contribution in [1.82, 2.24) is 0 Å². The van der Waals surface area contributed by atoms with Gasteiger partial charge in [0.05, 0.1) is 18.9 Å². The SMILES string of the molecule is COCCOCC(=O)Nc1ccc2c(c1)NC(=O)C(C)O2. The number of fused-ring (bicyclic) bond motifs is 1. The van der Waals surface area contributed by atoms with Crippen LogP contribution in [0.1, 0.15) is 6.92 Å². The molecule has 0 spiro atoms. The van der Waals surface area contributed by atoms with Crippen LogP contribution >= 0.6 is 0 Å². The molecule has 1 atom stereocenters. The molecule has 7 nitrogen and oxygen atoms in total. The van der Waals surface area contributed by atoms with Gasteiger partial charge in [-0.15, -0.1) is 0 Å². The molecular weight excluding hydrogens is 276 g/mol. The van der Waals surface area contributed by atoms with E-state index in [4.69, 9.17) is 14.2 Å². The Hall–Kier alpha value is -2.12. The Bertz CT molecular complexity index is 532. The maximum atomic E-state index is 11.7. The van der Waals surface area contributed by atoms with Crippen molar-refractivity contribution >= 4 is 23.2 Å². The Morgan fingerprint density at radius 2 is 2.24 bits per heavy atom. The first-order chi connectivity index (χ1) is 10.1. The quantitative estimate of drug-likeness (QED) is 0.765. The van der Waals surface area contributed by atoms with Gasteiger partial charge in [-0.2, -0.15) is 0 Å². The van der Waals surface area contributed by atoms with Gasteiger partial charge in [-0.05, 0) is 25.1 Å². The standard InChI is InChI=1S/C14H18N2O5/c1-9-14(18)16-11-7-10(3-4-12(11)21-9)15-13(17)8-20-6-5-19-2/h3-4,7,9H,5-6,8H2,1-2H3,(H,15,17)(H,16,18). The minimum Gasteiger partial charge on any atom is -0.479 e. The second-order valence-corrected chi connectivity index (χ2v) is 4.55. The van der Waals surface area contributed by atoms with Crippen LogP contribution in [0.3, 0.4) is 0 Å². The zero-order valence-corrected chi connectivity index (χ0v) is 12.0. The normalized spacial score (nSPS) is 16.7. The molecule has 0 saturated carbocycles. The van der Waals surface area contributed by atoms with Gasteiger partial charge < -0.3 is 24.8 Å². The average Bonchev–Trinajstić information content (AvgIpc) is 2.45. The number of ether oxygens (including phenoxy) is 3. The van der Waals surface area contributed by atoms with Gasteiger partial charge in [0.25, 0.3) is 5.91 Å². The Balaban J connectivity index is 1.91. The van der Waals surface area contributed by atoms with E-state index in [2.05, 4.69) is 10.6 Å². The highest BCUT2D eigenvalue weighted by Crippen LogP contribution is 2.32. The van der Waals surface area contributed by atoms with Crippen LogP contribution in [-0.4, -0.2) is 44.8 Å². The number of rotatable bonds is 6. The lowest BCUT2D eigenvalue weighted by molar-refractivity contribution is -0.122. The van der Waals surface area contributed by atoms with Crippen LogP contribution in [-0.2, 0) is 19.1 Å². The summed E-state index contributed by atoms with van der Waals surface area (Å²) in [6, 6.07) is 5.05. The molecule has 0 saturated heterocycles. The number of hydrogen-bond donors (Lipinski definition) is 2. The summed E-state index contributed by atoms with van der Waals surface area (Å²) in [7, 11) is 1.56. The number of carbonyl (C=O) groups is 2. The third kappa shape index (κ3) is 4.17. The molecule has 0 aliphatic carbocycles. The predicted octanol–water partition coefficient (Wildman–Crippen LogP) is 1.01. The van der Waals surface area contributed by atoms with Crippen molar-refractivity contribution in [1.29, 1.82) is 0 Å². The molecule has 114 valence electrons. The van der Waals surface area contributed by atoms with Gasteiger partial charge in [-0.1, -0.05) is 0 Å². The van der Waals surface area contributed by atoms with E-state index in [0.29, 0.717) is 30.3 Å². The van der Waals surface area contributed by atoms with Crippen LogP contribution in [0.2, 0.25) is 0 Å². The zero-order chi connectivity index (χ0) is 15.2. The molecule has 1 unspecified atom stereocenters. The summed E-state index contributed by atoms with van der Waals surface area (Å²) in [6.45, 7) is 2.41. The molecule has 21 heavy (non-hydrogen) atoms. The first-order valence-corrected chi connectivity index (χ1v) is 6.58. The lowest BCUT2D eigenvalue weighted by atomic mass is 10.2. The fourth-order valence-electron chi connectivity index (χ4n) is 1.79. The predicted molar refractivity (Wildman–Crippen MR) is 76.5 cm³/mol. The summed E-state index contributed by atoms with van der Waals surface area (Å²) >= 11 is 0. The molecule has 2 rings (SSSR count). The van der Waals surface area contributed by atoms with E-state index >= 15 is 0 Å². The monoisotopic (exact) mass is 294 g/mol. The summed E-state index contributed by atoms with van der Waals surface area (Å²) in [4.78, 5) is 23.2. The Morgan fingerprint density at radius 3 is 3.00 bits per heavy atom. The van der Waals surface area contributed by atoms with Crippen LogP contribution in [0.4, 0.5) is 11.4 Å². The van der Waals surface area contributed by atoms with Crippen LogP contribution in [0.15, 0.2) is 18.2 Å². The molecule has 1 heterocycles. The first kappa shape index (κ1) is 15.3. The molecule has 0 radical (unpaired) electrons. The van der Waals surface area contributed by atoms with E-state index in [1.54, 1.807) is 32.2 Å². The highest BCUT2D eigenvalue weighted by Gasteiger charge is 2.23. The van der Waals surface area contributed by atoms with Crippen molar-refractivity contribution in [3.8, 4) is 5.75 Å². The Labute approximate surface area is 122 Å². The maximum absolute atomic E-state index is 11.7. The van der Waals surface area contributed by atoms with Crippen LogP contribution in [0.25, 0.3) is 0 Å². The summed E-state index contributed by atoms with van der Waals surface area (Å²) in [5.41, 5.74) is 1.10. The minimum atomic E-state index is -0.521. The van der Waals surface area contributed by atoms with Crippen LogP contribution < -0.4 is 15.4 Å². The van der Waals surface area contributed by atoms with Gasteiger partial charge in [0.1, 0.15) is 12.4 Å². The second-order valence-electron chi connectivity index (χ2n) is 4.55. The largest absolute Gasteiger partial charge is 0.479 e. The number of methoxy groups -OCH3 is 1. The number of hydrogen-bond acceptors (Lipinski definition) is 5. The first-order valence-electron chi connectivity index (χ1n) is 6.58. The molecule has 1 aromatic rings. The number of anilines is 2. The second kappa shape index (κ2) is 7.05. The minimum absolute atomic E-state index is 0.0552. The number of amides is 2. The molecule has 7 heteroatoms. The smallest absolute Gasteiger partial charge is 0.265 e. The van der Waals surface area contributed by atoms with Crippen molar-refractivity contribution in [2.24, 2.45) is 0 Å². The summed E-state index contributed by atoms with van der Waals surface area (Å²) in [5, 5.41) is 5.40. The lowest BCUT2D eigenvalue weighted by Crippen LogP contribution is -2.34. The average molecular weight is 294 g/mol. The van der Waals surface area contributed by atoms with E-state index in [9.17, 15) is 9.59 Å². The molecule has 1 aromatic carbocycles. The molecule has 1 aliphatic heterocycles. The molecule has 0 fully saturated rings. The van der Waals surface area contributed by atoms with E-state index in [1.807, 2.05) is 0 Å². The van der Waals surface area contributed by atoms with Crippen molar-refractivity contribution in [2.75, 3.05) is 37.6 Å². The van der Waals surface area contributed by atoms with Gasteiger partial charge in [0.2, 0.25) is 5.91 Å². The molecule has 0 bridgehead atoms. The fourth-order valence-corrected chi connectivity index (χ4v) is 1.79. The van der Waals surface area contributed by atoms with E-state index in [0.717, 1.165) is 0 Å². The van der Waals surface area contributed by atoms with E-state index < -0.39 is 6.10 Å². The Morgan fingerprint density at radius 1 is 1.43 bits per heavy atom. The summed E-state index contributed by atoms with van der Waals surface area (Å²) in [6.07, 6.45) is -0.521. The zero-order valence-electron chi connectivity index (χ0n) is 12.0. The topological polar surface area (TPSA) is 85.9 Å².